The standard InChI is InChI=1S/C23H24ClN3O3/c1-14(2)27-20-11-10-17(29-4)12-18(20)22(15-6-8-16(24)9-7-15)26-19(23(27)25-3)13-21(28)30-5/h6-12,19H,1,13H2,2-5H3/t19-/m0/s1. The molecule has 1 atom stereocenters. The molecule has 3 rings (SSSR count). The monoisotopic (exact) mass is 425 g/mol. The van der Waals surface area contributed by atoms with Crippen LogP contribution in [0.15, 0.2) is 64.7 Å². The molecule has 2 aromatic rings. The van der Waals surface area contributed by atoms with Gasteiger partial charge in [0.25, 0.3) is 0 Å². The summed E-state index contributed by atoms with van der Waals surface area (Å²) >= 11 is 6.10. The fraction of sp³-hybridized carbons (Fsp3) is 0.261. The van der Waals surface area contributed by atoms with E-state index in [4.69, 9.17) is 26.1 Å². The van der Waals surface area contributed by atoms with Crippen molar-refractivity contribution in [2.24, 2.45) is 9.98 Å². The zero-order chi connectivity index (χ0) is 21.8. The van der Waals surface area contributed by atoms with Crippen molar-refractivity contribution in [2.75, 3.05) is 26.2 Å². The summed E-state index contributed by atoms with van der Waals surface area (Å²) < 4.78 is 10.4. The van der Waals surface area contributed by atoms with Gasteiger partial charge >= 0.3 is 5.97 Å². The highest BCUT2D eigenvalue weighted by molar-refractivity contribution is 6.31. The predicted molar refractivity (Wildman–Crippen MR) is 121 cm³/mol. The number of nitrogens with zero attached hydrogens (tertiary/aromatic N) is 3. The summed E-state index contributed by atoms with van der Waals surface area (Å²) in [6, 6.07) is 12.6. The van der Waals surface area contributed by atoms with Crippen LogP contribution in [0.4, 0.5) is 5.69 Å². The first-order chi connectivity index (χ1) is 14.4. The van der Waals surface area contributed by atoms with Gasteiger partial charge in [-0.05, 0) is 37.3 Å². The number of carbonyl (C=O) groups is 1. The first kappa shape index (κ1) is 21.6. The maximum Gasteiger partial charge on any atom is 0.308 e. The zero-order valence-electron chi connectivity index (χ0n) is 17.5. The van der Waals surface area contributed by atoms with E-state index in [0.717, 1.165) is 22.5 Å². The molecule has 0 bridgehead atoms. The molecule has 7 heteroatoms. The molecule has 30 heavy (non-hydrogen) atoms. The van der Waals surface area contributed by atoms with Crippen LogP contribution in [0.5, 0.6) is 5.75 Å². The van der Waals surface area contributed by atoms with Gasteiger partial charge in [0.15, 0.2) is 0 Å². The molecular formula is C23H24ClN3O3. The van der Waals surface area contributed by atoms with Crippen molar-refractivity contribution in [3.05, 3.63) is 70.9 Å². The van der Waals surface area contributed by atoms with Gasteiger partial charge in [0.1, 0.15) is 17.6 Å². The van der Waals surface area contributed by atoms with E-state index >= 15 is 0 Å². The molecule has 0 aromatic heterocycles. The van der Waals surface area contributed by atoms with Crippen LogP contribution in [0.2, 0.25) is 5.02 Å². The van der Waals surface area contributed by atoms with Crippen LogP contribution in [0.25, 0.3) is 0 Å². The predicted octanol–water partition coefficient (Wildman–Crippen LogP) is 4.50. The molecule has 0 unspecified atom stereocenters. The van der Waals surface area contributed by atoms with Crippen molar-refractivity contribution < 1.29 is 14.3 Å². The molecule has 1 aliphatic heterocycles. The number of methoxy groups -OCH3 is 2. The molecule has 156 valence electrons. The number of rotatable bonds is 5. The molecule has 2 aromatic carbocycles. The van der Waals surface area contributed by atoms with E-state index in [1.807, 2.05) is 54.3 Å². The molecule has 6 nitrogen and oxygen atoms in total. The number of carbonyl (C=O) groups excluding carboxylic acids is 1. The largest absolute Gasteiger partial charge is 0.497 e. The summed E-state index contributed by atoms with van der Waals surface area (Å²) in [7, 11) is 4.66. The Balaban J connectivity index is 2.32. The van der Waals surface area contributed by atoms with Gasteiger partial charge in [-0.2, -0.15) is 0 Å². The number of fused-ring (bicyclic) bond motifs is 1. The lowest BCUT2D eigenvalue weighted by atomic mass is 9.99. The van der Waals surface area contributed by atoms with Crippen LogP contribution >= 0.6 is 11.6 Å². The fourth-order valence-electron chi connectivity index (χ4n) is 3.45. The molecule has 0 saturated heterocycles. The highest BCUT2D eigenvalue weighted by Gasteiger charge is 2.32. The second kappa shape index (κ2) is 9.13. The Hall–Kier alpha value is -3.12. The van der Waals surface area contributed by atoms with E-state index in [-0.39, 0.29) is 12.4 Å². The molecule has 0 radical (unpaired) electrons. The fourth-order valence-corrected chi connectivity index (χ4v) is 3.57. The van der Waals surface area contributed by atoms with Crippen LogP contribution in [0.3, 0.4) is 0 Å². The van der Waals surface area contributed by atoms with E-state index in [0.29, 0.717) is 22.3 Å². The average molecular weight is 426 g/mol. The lowest BCUT2D eigenvalue weighted by Gasteiger charge is -2.28. The quantitative estimate of drug-likeness (QED) is 0.661. The molecule has 1 heterocycles. The molecule has 0 amide bonds. The highest BCUT2D eigenvalue weighted by Crippen LogP contribution is 2.34. The summed E-state index contributed by atoms with van der Waals surface area (Å²) in [6.45, 7) is 6.02. The first-order valence-electron chi connectivity index (χ1n) is 9.40. The van der Waals surface area contributed by atoms with Gasteiger partial charge in [-0.15, -0.1) is 0 Å². The number of halogens is 1. The number of anilines is 1. The number of aliphatic imine (C=N–C) groups is 2. The lowest BCUT2D eigenvalue weighted by Crippen LogP contribution is -2.38. The van der Waals surface area contributed by atoms with Gasteiger partial charge in [0.2, 0.25) is 0 Å². The third kappa shape index (κ3) is 4.24. The van der Waals surface area contributed by atoms with Gasteiger partial charge < -0.3 is 14.4 Å². The Morgan fingerprint density at radius 3 is 2.50 bits per heavy atom. The second-order valence-corrected chi connectivity index (χ2v) is 7.25. The molecular weight excluding hydrogens is 402 g/mol. The van der Waals surface area contributed by atoms with E-state index < -0.39 is 6.04 Å². The van der Waals surface area contributed by atoms with E-state index in [2.05, 4.69) is 11.6 Å². The number of ether oxygens (including phenoxy) is 2. The number of hydrogen-bond acceptors (Lipinski definition) is 5. The number of allylic oxidation sites excluding steroid dienone is 1. The van der Waals surface area contributed by atoms with Gasteiger partial charge in [0.05, 0.1) is 32.0 Å². The SMILES string of the molecule is C=C(C)N1C(=NC)[C@H](CC(=O)OC)N=C(c2ccc(Cl)cc2)c2cc(OC)ccc21. The van der Waals surface area contributed by atoms with Crippen molar-refractivity contribution >= 4 is 34.8 Å². The topological polar surface area (TPSA) is 63.5 Å². The smallest absolute Gasteiger partial charge is 0.308 e. The van der Waals surface area contributed by atoms with Crippen molar-refractivity contribution in [3.63, 3.8) is 0 Å². The van der Waals surface area contributed by atoms with Crippen LogP contribution in [-0.2, 0) is 9.53 Å². The van der Waals surface area contributed by atoms with Crippen molar-refractivity contribution in [1.82, 2.24) is 0 Å². The molecule has 0 aliphatic carbocycles. The second-order valence-electron chi connectivity index (χ2n) is 6.82. The maximum absolute atomic E-state index is 12.2. The summed E-state index contributed by atoms with van der Waals surface area (Å²) in [5.74, 6) is 0.937. The van der Waals surface area contributed by atoms with Gasteiger partial charge in [-0.1, -0.05) is 30.3 Å². The van der Waals surface area contributed by atoms with E-state index in [9.17, 15) is 4.79 Å². The van der Waals surface area contributed by atoms with Gasteiger partial charge in [-0.3, -0.25) is 14.8 Å². The Labute approximate surface area is 181 Å². The maximum atomic E-state index is 12.2. The number of benzene rings is 2. The van der Waals surface area contributed by atoms with Gasteiger partial charge in [-0.25, -0.2) is 0 Å². The first-order valence-corrected chi connectivity index (χ1v) is 9.78. The van der Waals surface area contributed by atoms with Crippen LogP contribution < -0.4 is 9.64 Å². The third-order valence-electron chi connectivity index (χ3n) is 4.83. The average Bonchev–Trinajstić information content (AvgIpc) is 2.88. The van der Waals surface area contributed by atoms with E-state index in [1.54, 1.807) is 14.2 Å². The lowest BCUT2D eigenvalue weighted by molar-refractivity contribution is -0.140. The Bertz CT molecular complexity index is 1030. The number of hydrogen-bond donors (Lipinski definition) is 0. The van der Waals surface area contributed by atoms with Crippen LogP contribution in [0, 0.1) is 0 Å². The number of benzodiazepines with no additional fused rings is 1. The minimum absolute atomic E-state index is 0.0508. The molecule has 1 aliphatic rings. The minimum atomic E-state index is -0.553. The van der Waals surface area contributed by atoms with Crippen LogP contribution in [0.1, 0.15) is 24.5 Å². The molecule has 0 spiro atoms. The molecule has 0 N–H and O–H groups in total. The Morgan fingerprint density at radius 1 is 1.23 bits per heavy atom. The van der Waals surface area contributed by atoms with Crippen molar-refractivity contribution in [1.29, 1.82) is 0 Å². The number of esters is 1. The van der Waals surface area contributed by atoms with Gasteiger partial charge in [0, 0.05) is 28.9 Å². The van der Waals surface area contributed by atoms with Crippen molar-refractivity contribution in [3.8, 4) is 5.75 Å². The van der Waals surface area contributed by atoms with Crippen molar-refractivity contribution in [2.45, 2.75) is 19.4 Å². The summed E-state index contributed by atoms with van der Waals surface area (Å²) in [4.78, 5) is 23.5. The Morgan fingerprint density at radius 2 is 1.93 bits per heavy atom. The highest BCUT2D eigenvalue weighted by atomic mass is 35.5. The van der Waals surface area contributed by atoms with E-state index in [1.165, 1.54) is 7.11 Å². The minimum Gasteiger partial charge on any atom is -0.497 e. The number of amidine groups is 1. The summed E-state index contributed by atoms with van der Waals surface area (Å²) in [6.07, 6.45) is 0.0508. The summed E-state index contributed by atoms with van der Waals surface area (Å²) in [5.41, 5.74) is 4.02. The van der Waals surface area contributed by atoms with Crippen LogP contribution in [-0.4, -0.2) is 44.8 Å². The molecule has 0 saturated carbocycles. The zero-order valence-corrected chi connectivity index (χ0v) is 18.2. The normalized spacial score (nSPS) is 17.1. The summed E-state index contributed by atoms with van der Waals surface area (Å²) in [5, 5.41) is 0.629. The third-order valence-corrected chi connectivity index (χ3v) is 5.08. The Kier molecular flexibility index (Phi) is 6.57. The molecule has 0 fully saturated rings.